The number of anilines is 1. The summed E-state index contributed by atoms with van der Waals surface area (Å²) in [6.45, 7) is 5.86. The number of likely N-dealkylation sites (N-methyl/N-ethyl adjacent to an activating group) is 1. The Balaban J connectivity index is 1.49. The second kappa shape index (κ2) is 9.60. The van der Waals surface area contributed by atoms with Gasteiger partial charge in [0.1, 0.15) is 29.8 Å². The molecule has 2 aliphatic heterocycles. The van der Waals surface area contributed by atoms with Crippen LogP contribution in [0.4, 0.5) is 10.2 Å². The van der Waals surface area contributed by atoms with Crippen LogP contribution in [0.15, 0.2) is 24.3 Å². The van der Waals surface area contributed by atoms with E-state index in [4.69, 9.17) is 14.7 Å². The topological polar surface area (TPSA) is 70.6 Å². The molecule has 0 radical (unpaired) electrons. The number of likely N-dealkylation sites (tertiary alicyclic amines) is 1. The third-order valence-electron chi connectivity index (χ3n) is 5.99. The lowest BCUT2D eigenvalue weighted by Gasteiger charge is -2.32. The fraction of sp³-hybridized carbons (Fsp3) is 0.522. The van der Waals surface area contributed by atoms with Gasteiger partial charge in [-0.1, -0.05) is 0 Å². The number of nitrogens with zero attached hydrogens (tertiary/aromatic N) is 4. The summed E-state index contributed by atoms with van der Waals surface area (Å²) in [6, 6.07) is 6.00. The number of hydrogen-bond acceptors (Lipinski definition) is 6. The van der Waals surface area contributed by atoms with Gasteiger partial charge in [0, 0.05) is 37.9 Å². The van der Waals surface area contributed by atoms with Crippen LogP contribution in [-0.2, 0) is 17.8 Å². The van der Waals surface area contributed by atoms with E-state index in [1.165, 1.54) is 12.1 Å². The highest BCUT2D eigenvalue weighted by Gasteiger charge is 2.27. The lowest BCUT2D eigenvalue weighted by molar-refractivity contribution is -0.129. The van der Waals surface area contributed by atoms with Crippen molar-refractivity contribution in [1.29, 1.82) is 0 Å². The lowest BCUT2D eigenvalue weighted by Crippen LogP contribution is -2.36. The Bertz CT molecular complexity index is 921. The van der Waals surface area contributed by atoms with E-state index >= 15 is 0 Å². The predicted molar refractivity (Wildman–Crippen MR) is 117 cm³/mol. The van der Waals surface area contributed by atoms with Gasteiger partial charge in [0.25, 0.3) is 0 Å². The minimum absolute atomic E-state index is 0.0641. The largest absolute Gasteiger partial charge is 0.492 e. The first-order valence-corrected chi connectivity index (χ1v) is 11.0. The first-order valence-electron chi connectivity index (χ1n) is 11.0. The summed E-state index contributed by atoms with van der Waals surface area (Å²) < 4.78 is 18.8. The Morgan fingerprint density at radius 3 is 2.81 bits per heavy atom. The molecule has 0 aliphatic carbocycles. The molecular formula is C23H30FN5O2. The SMILES string of the molecule is CC(=O)N1CCc2nc(C3CCCN(C)C3)nc(NCCOc3ccc(F)cc3)c2C1. The quantitative estimate of drug-likeness (QED) is 0.715. The highest BCUT2D eigenvalue weighted by atomic mass is 19.1. The molecule has 7 nitrogen and oxygen atoms in total. The van der Waals surface area contributed by atoms with Crippen molar-refractivity contribution in [3.8, 4) is 5.75 Å². The number of carbonyl (C=O) groups excluding carboxylic acids is 1. The fourth-order valence-electron chi connectivity index (χ4n) is 4.28. The van der Waals surface area contributed by atoms with Crippen LogP contribution in [0.3, 0.4) is 0 Å². The van der Waals surface area contributed by atoms with Crippen LogP contribution in [0, 0.1) is 5.82 Å². The van der Waals surface area contributed by atoms with Crippen LogP contribution in [-0.4, -0.2) is 65.5 Å². The minimum Gasteiger partial charge on any atom is -0.492 e. The van der Waals surface area contributed by atoms with Crippen LogP contribution in [0.25, 0.3) is 0 Å². The van der Waals surface area contributed by atoms with Crippen molar-refractivity contribution in [1.82, 2.24) is 19.8 Å². The van der Waals surface area contributed by atoms with Gasteiger partial charge in [-0.05, 0) is 50.7 Å². The van der Waals surface area contributed by atoms with Gasteiger partial charge in [0.05, 0.1) is 18.8 Å². The molecule has 1 fully saturated rings. The van der Waals surface area contributed by atoms with Gasteiger partial charge < -0.3 is 19.9 Å². The number of halogens is 1. The van der Waals surface area contributed by atoms with Gasteiger partial charge in [0.15, 0.2) is 0 Å². The van der Waals surface area contributed by atoms with Crippen LogP contribution in [0.2, 0.25) is 0 Å². The molecule has 166 valence electrons. The van der Waals surface area contributed by atoms with Gasteiger partial charge in [-0.2, -0.15) is 0 Å². The summed E-state index contributed by atoms with van der Waals surface area (Å²) in [5, 5.41) is 3.40. The van der Waals surface area contributed by atoms with Crippen LogP contribution in [0.1, 0.15) is 42.8 Å². The van der Waals surface area contributed by atoms with E-state index in [1.807, 2.05) is 4.90 Å². The van der Waals surface area contributed by atoms with E-state index in [0.717, 1.165) is 55.3 Å². The number of aromatic nitrogens is 2. The van der Waals surface area contributed by atoms with Crippen molar-refractivity contribution in [2.45, 2.75) is 38.6 Å². The molecule has 0 spiro atoms. The zero-order valence-corrected chi connectivity index (χ0v) is 18.2. The Hall–Kier alpha value is -2.74. The summed E-state index contributed by atoms with van der Waals surface area (Å²) in [7, 11) is 2.14. The fourth-order valence-corrected chi connectivity index (χ4v) is 4.28. The molecule has 2 aromatic rings. The molecule has 1 atom stereocenters. The monoisotopic (exact) mass is 427 g/mol. The Kier molecular flexibility index (Phi) is 6.65. The van der Waals surface area contributed by atoms with Gasteiger partial charge in [0.2, 0.25) is 5.91 Å². The third-order valence-corrected chi connectivity index (χ3v) is 5.99. The third kappa shape index (κ3) is 5.31. The van der Waals surface area contributed by atoms with Crippen LogP contribution >= 0.6 is 0 Å². The molecule has 1 saturated heterocycles. The molecule has 2 aliphatic rings. The van der Waals surface area contributed by atoms with Gasteiger partial charge in [-0.3, -0.25) is 4.79 Å². The molecule has 1 N–H and O–H groups in total. The van der Waals surface area contributed by atoms with Crippen molar-refractivity contribution in [3.05, 3.63) is 47.2 Å². The maximum absolute atomic E-state index is 13.0. The van der Waals surface area contributed by atoms with Gasteiger partial charge in [-0.15, -0.1) is 0 Å². The number of piperidine rings is 1. The Labute approximate surface area is 182 Å². The van der Waals surface area contributed by atoms with Crippen molar-refractivity contribution in [2.24, 2.45) is 0 Å². The normalized spacial score (nSPS) is 19.1. The lowest BCUT2D eigenvalue weighted by atomic mass is 9.96. The first-order chi connectivity index (χ1) is 15.0. The molecule has 0 saturated carbocycles. The second-order valence-corrected chi connectivity index (χ2v) is 8.38. The summed E-state index contributed by atoms with van der Waals surface area (Å²) in [4.78, 5) is 25.9. The smallest absolute Gasteiger partial charge is 0.219 e. The number of hydrogen-bond donors (Lipinski definition) is 1. The van der Waals surface area contributed by atoms with Crippen molar-refractivity contribution < 1.29 is 13.9 Å². The number of fused-ring (bicyclic) bond motifs is 1. The zero-order chi connectivity index (χ0) is 21.8. The van der Waals surface area contributed by atoms with Crippen LogP contribution in [0.5, 0.6) is 5.75 Å². The molecule has 1 amide bonds. The summed E-state index contributed by atoms with van der Waals surface area (Å²) in [5.41, 5.74) is 2.04. The average Bonchev–Trinajstić information content (AvgIpc) is 2.77. The van der Waals surface area contributed by atoms with E-state index in [1.54, 1.807) is 19.1 Å². The minimum atomic E-state index is -0.283. The maximum Gasteiger partial charge on any atom is 0.219 e. The van der Waals surface area contributed by atoms with Crippen molar-refractivity contribution in [2.75, 3.05) is 45.2 Å². The molecule has 4 rings (SSSR count). The van der Waals surface area contributed by atoms with Gasteiger partial charge in [-0.25, -0.2) is 14.4 Å². The highest BCUT2D eigenvalue weighted by Crippen LogP contribution is 2.29. The predicted octanol–water partition coefficient (Wildman–Crippen LogP) is 2.82. The average molecular weight is 428 g/mol. The summed E-state index contributed by atoms with van der Waals surface area (Å²) in [5.74, 6) is 2.42. The van der Waals surface area contributed by atoms with E-state index in [2.05, 4.69) is 17.3 Å². The van der Waals surface area contributed by atoms with E-state index < -0.39 is 0 Å². The Morgan fingerprint density at radius 2 is 2.06 bits per heavy atom. The molecule has 8 heteroatoms. The van der Waals surface area contributed by atoms with Gasteiger partial charge >= 0.3 is 0 Å². The summed E-state index contributed by atoms with van der Waals surface area (Å²) >= 11 is 0. The molecule has 31 heavy (non-hydrogen) atoms. The molecule has 1 unspecified atom stereocenters. The van der Waals surface area contributed by atoms with E-state index in [9.17, 15) is 9.18 Å². The van der Waals surface area contributed by atoms with E-state index in [0.29, 0.717) is 37.9 Å². The van der Waals surface area contributed by atoms with E-state index in [-0.39, 0.29) is 11.7 Å². The zero-order valence-electron chi connectivity index (χ0n) is 18.2. The maximum atomic E-state index is 13.0. The molecule has 1 aromatic carbocycles. The molecular weight excluding hydrogens is 397 g/mol. The number of rotatable bonds is 6. The number of carbonyl (C=O) groups is 1. The Morgan fingerprint density at radius 1 is 1.26 bits per heavy atom. The van der Waals surface area contributed by atoms with Crippen molar-refractivity contribution >= 4 is 11.7 Å². The number of benzene rings is 1. The number of amides is 1. The first kappa shape index (κ1) is 21.5. The molecule has 3 heterocycles. The second-order valence-electron chi connectivity index (χ2n) is 8.38. The number of ether oxygens (including phenoxy) is 1. The standard InChI is InChI=1S/C23H30FN5O2/c1-16(30)29-12-9-21-20(15-29)23(25-10-13-31-19-7-5-18(24)6-8-19)27-22(26-21)17-4-3-11-28(2)14-17/h5-8,17H,3-4,9-15H2,1-2H3,(H,25,26,27). The number of nitrogens with one attached hydrogen (secondary N) is 1. The van der Waals surface area contributed by atoms with Crippen molar-refractivity contribution in [3.63, 3.8) is 0 Å². The van der Waals surface area contributed by atoms with Crippen LogP contribution < -0.4 is 10.1 Å². The highest BCUT2D eigenvalue weighted by molar-refractivity contribution is 5.74. The summed E-state index contributed by atoms with van der Waals surface area (Å²) in [6.07, 6.45) is 2.98. The molecule has 0 bridgehead atoms. The molecule has 1 aromatic heterocycles.